The second-order valence-corrected chi connectivity index (χ2v) is 8.94. The highest BCUT2D eigenvalue weighted by Crippen LogP contribution is 2.66. The van der Waals surface area contributed by atoms with Crippen LogP contribution in [0.1, 0.15) is 71.6 Å². The van der Waals surface area contributed by atoms with Crippen LogP contribution in [-0.4, -0.2) is 16.5 Å². The number of aliphatic hydroxyl groups is 1. The van der Waals surface area contributed by atoms with E-state index in [1.165, 1.54) is 31.3 Å². The summed E-state index contributed by atoms with van der Waals surface area (Å²) in [7, 11) is 0. The first-order valence-corrected chi connectivity index (χ1v) is 10.1. The number of carbonyl (C=O) groups excluding carboxylic acids is 1. The lowest BCUT2D eigenvalue weighted by Gasteiger charge is -2.57. The summed E-state index contributed by atoms with van der Waals surface area (Å²) in [5, 5.41) is 11.4. The van der Waals surface area contributed by atoms with E-state index < -0.39 is 5.60 Å². The predicted octanol–water partition coefficient (Wildman–Crippen LogP) is 4.83. The topological polar surface area (TPSA) is 37.3 Å². The zero-order valence-electron chi connectivity index (χ0n) is 15.3. The van der Waals surface area contributed by atoms with Crippen molar-refractivity contribution < 1.29 is 9.90 Å². The SMILES string of the molecule is C=C1C[C@H]2C(=CC1=O)CC[C@@H]1[C@@H]2CC[C@@]2(CC)[C@H]1CC[C@]2(O)CC. The normalized spacial score (nSPS) is 47.7. The minimum Gasteiger partial charge on any atom is -0.389 e. The summed E-state index contributed by atoms with van der Waals surface area (Å²) in [4.78, 5) is 12.0. The van der Waals surface area contributed by atoms with Crippen molar-refractivity contribution in [3.8, 4) is 0 Å². The average Bonchev–Trinajstić information content (AvgIpc) is 2.90. The summed E-state index contributed by atoms with van der Waals surface area (Å²) in [6, 6.07) is 0. The van der Waals surface area contributed by atoms with Gasteiger partial charge in [-0.05, 0) is 93.1 Å². The summed E-state index contributed by atoms with van der Waals surface area (Å²) in [6.45, 7) is 8.49. The highest BCUT2D eigenvalue weighted by molar-refractivity contribution is 6.05. The fourth-order valence-electron chi connectivity index (χ4n) is 7.35. The van der Waals surface area contributed by atoms with Crippen LogP contribution in [0.25, 0.3) is 0 Å². The van der Waals surface area contributed by atoms with Crippen molar-refractivity contribution in [2.24, 2.45) is 29.1 Å². The summed E-state index contributed by atoms with van der Waals surface area (Å²) < 4.78 is 0. The van der Waals surface area contributed by atoms with Gasteiger partial charge in [-0.25, -0.2) is 0 Å². The molecule has 4 aliphatic carbocycles. The Balaban J connectivity index is 1.67. The largest absolute Gasteiger partial charge is 0.389 e. The van der Waals surface area contributed by atoms with E-state index in [0.717, 1.165) is 43.6 Å². The van der Waals surface area contributed by atoms with E-state index in [4.69, 9.17) is 0 Å². The van der Waals surface area contributed by atoms with Crippen LogP contribution in [0.4, 0.5) is 0 Å². The lowest BCUT2D eigenvalue weighted by atomic mass is 9.49. The molecule has 132 valence electrons. The van der Waals surface area contributed by atoms with Crippen LogP contribution in [0.15, 0.2) is 23.8 Å². The van der Waals surface area contributed by atoms with Crippen LogP contribution < -0.4 is 0 Å². The molecule has 0 amide bonds. The van der Waals surface area contributed by atoms with Crippen molar-refractivity contribution in [3.63, 3.8) is 0 Å². The van der Waals surface area contributed by atoms with Crippen molar-refractivity contribution in [2.45, 2.75) is 77.2 Å². The van der Waals surface area contributed by atoms with Gasteiger partial charge in [-0.1, -0.05) is 26.0 Å². The lowest BCUT2D eigenvalue weighted by molar-refractivity contribution is -0.131. The predicted molar refractivity (Wildman–Crippen MR) is 96.5 cm³/mol. The average molecular weight is 328 g/mol. The summed E-state index contributed by atoms with van der Waals surface area (Å²) >= 11 is 0. The number of rotatable bonds is 2. The van der Waals surface area contributed by atoms with Crippen molar-refractivity contribution in [1.29, 1.82) is 0 Å². The third kappa shape index (κ3) is 2.01. The second kappa shape index (κ2) is 5.56. The van der Waals surface area contributed by atoms with Gasteiger partial charge in [0.1, 0.15) is 0 Å². The second-order valence-electron chi connectivity index (χ2n) is 8.94. The fraction of sp³-hybridized carbons (Fsp3) is 0.773. The monoisotopic (exact) mass is 328 g/mol. The smallest absolute Gasteiger partial charge is 0.181 e. The molecule has 0 aromatic heterocycles. The number of fused-ring (bicyclic) bond motifs is 5. The molecule has 4 aliphatic rings. The van der Waals surface area contributed by atoms with E-state index in [2.05, 4.69) is 20.4 Å². The Morgan fingerprint density at radius 2 is 1.96 bits per heavy atom. The van der Waals surface area contributed by atoms with Crippen molar-refractivity contribution >= 4 is 5.78 Å². The van der Waals surface area contributed by atoms with Gasteiger partial charge in [0.15, 0.2) is 5.78 Å². The number of hydrogen-bond acceptors (Lipinski definition) is 2. The maximum atomic E-state index is 12.0. The van der Waals surface area contributed by atoms with Gasteiger partial charge >= 0.3 is 0 Å². The molecule has 6 atom stereocenters. The summed E-state index contributed by atoms with van der Waals surface area (Å²) in [6.07, 6.45) is 11.7. The van der Waals surface area contributed by atoms with Gasteiger partial charge in [-0.3, -0.25) is 4.79 Å². The van der Waals surface area contributed by atoms with E-state index in [1.54, 1.807) is 0 Å². The molecule has 3 saturated carbocycles. The maximum Gasteiger partial charge on any atom is 0.181 e. The van der Waals surface area contributed by atoms with Crippen molar-refractivity contribution in [1.82, 2.24) is 0 Å². The Bertz CT molecular complexity index is 603. The quantitative estimate of drug-likeness (QED) is 0.738. The van der Waals surface area contributed by atoms with E-state index in [-0.39, 0.29) is 11.2 Å². The molecule has 2 nitrogen and oxygen atoms in total. The van der Waals surface area contributed by atoms with Crippen molar-refractivity contribution in [2.75, 3.05) is 0 Å². The van der Waals surface area contributed by atoms with Gasteiger partial charge in [-0.2, -0.15) is 0 Å². The molecule has 0 aliphatic heterocycles. The Hall–Kier alpha value is -0.890. The van der Waals surface area contributed by atoms with Crippen LogP contribution >= 0.6 is 0 Å². The van der Waals surface area contributed by atoms with E-state index in [9.17, 15) is 9.90 Å². The molecule has 1 N–H and O–H groups in total. The molecule has 0 aromatic rings. The van der Waals surface area contributed by atoms with Gasteiger partial charge in [0.2, 0.25) is 0 Å². The molecule has 3 fully saturated rings. The first kappa shape index (κ1) is 16.6. The standard InChI is InChI=1S/C22H32O2/c1-4-21-10-8-16-17(19(21)9-11-22(21,24)5-2)7-6-15-13-20(23)14(3)12-18(15)16/h13,16-19,24H,3-12H2,1-2H3/t16-,17+,18-,19-,21-,22+/m0/s1. The minimum atomic E-state index is -0.445. The zero-order chi connectivity index (χ0) is 17.1. The number of allylic oxidation sites excluding steroid dienone is 2. The van der Waals surface area contributed by atoms with Gasteiger partial charge in [0, 0.05) is 5.41 Å². The van der Waals surface area contributed by atoms with Crippen LogP contribution in [-0.2, 0) is 4.79 Å². The Kier molecular flexibility index (Phi) is 3.84. The molecule has 2 heteroatoms. The first-order chi connectivity index (χ1) is 11.5. The number of hydrogen-bond donors (Lipinski definition) is 1. The lowest BCUT2D eigenvalue weighted by Crippen LogP contribution is -2.53. The highest BCUT2D eigenvalue weighted by Gasteiger charge is 2.62. The molecule has 0 spiro atoms. The molecular weight excluding hydrogens is 296 g/mol. The Labute approximate surface area is 146 Å². The van der Waals surface area contributed by atoms with Crippen LogP contribution in [0, 0.1) is 29.1 Å². The molecule has 0 unspecified atom stereocenters. The Morgan fingerprint density at radius 3 is 2.67 bits per heavy atom. The van der Waals surface area contributed by atoms with E-state index >= 15 is 0 Å². The highest BCUT2D eigenvalue weighted by atomic mass is 16.3. The molecular formula is C22H32O2. The first-order valence-electron chi connectivity index (χ1n) is 10.1. The Morgan fingerprint density at radius 1 is 1.17 bits per heavy atom. The molecule has 0 aromatic carbocycles. The van der Waals surface area contributed by atoms with Crippen LogP contribution in [0.5, 0.6) is 0 Å². The van der Waals surface area contributed by atoms with Gasteiger partial charge in [-0.15, -0.1) is 0 Å². The fourth-order valence-corrected chi connectivity index (χ4v) is 7.35. The van der Waals surface area contributed by atoms with Crippen LogP contribution in [0.2, 0.25) is 0 Å². The van der Waals surface area contributed by atoms with E-state index in [0.29, 0.717) is 17.8 Å². The number of carbonyl (C=O) groups is 1. The van der Waals surface area contributed by atoms with Gasteiger partial charge in [0.25, 0.3) is 0 Å². The van der Waals surface area contributed by atoms with Crippen LogP contribution in [0.3, 0.4) is 0 Å². The molecule has 0 bridgehead atoms. The molecule has 24 heavy (non-hydrogen) atoms. The zero-order valence-corrected chi connectivity index (χ0v) is 15.3. The van der Waals surface area contributed by atoms with Crippen molar-refractivity contribution in [3.05, 3.63) is 23.8 Å². The maximum absolute atomic E-state index is 12.0. The molecule has 0 heterocycles. The van der Waals surface area contributed by atoms with E-state index in [1.807, 2.05) is 6.08 Å². The third-order valence-electron chi connectivity index (χ3n) is 8.60. The molecule has 0 radical (unpaired) electrons. The molecule has 0 saturated heterocycles. The number of ketones is 1. The summed E-state index contributed by atoms with van der Waals surface area (Å²) in [5.74, 6) is 2.85. The minimum absolute atomic E-state index is 0.144. The molecule has 4 rings (SSSR count). The van der Waals surface area contributed by atoms with Gasteiger partial charge < -0.3 is 5.11 Å². The van der Waals surface area contributed by atoms with Gasteiger partial charge in [0.05, 0.1) is 5.60 Å². The summed E-state index contributed by atoms with van der Waals surface area (Å²) in [5.41, 5.74) is 1.92. The third-order valence-corrected chi connectivity index (χ3v) is 8.60.